The van der Waals surface area contributed by atoms with E-state index < -0.39 is 6.04 Å². The molecule has 0 radical (unpaired) electrons. The van der Waals surface area contributed by atoms with E-state index in [1.54, 1.807) is 18.9 Å². The number of halogens is 1. The average Bonchev–Trinajstić information content (AvgIpc) is 2.80. The van der Waals surface area contributed by atoms with Crippen LogP contribution in [0.2, 0.25) is 0 Å². The van der Waals surface area contributed by atoms with Gasteiger partial charge in [-0.25, -0.2) is 0 Å². The molecule has 174 valence electrons. The smallest absolute Gasteiger partial charge is 0.261 e. The molecule has 0 bridgehead atoms. The molecule has 2 amide bonds. The molecule has 0 saturated carbocycles. The second kappa shape index (κ2) is 12.5. The molecule has 6 nitrogen and oxygen atoms in total. The summed E-state index contributed by atoms with van der Waals surface area (Å²) in [6.07, 6.45) is 1.72. The van der Waals surface area contributed by atoms with E-state index in [0.29, 0.717) is 11.5 Å². The van der Waals surface area contributed by atoms with Gasteiger partial charge in [-0.05, 0) is 78.0 Å². The van der Waals surface area contributed by atoms with Crippen LogP contribution in [0.3, 0.4) is 0 Å². The third-order valence-electron chi connectivity index (χ3n) is 5.41. The molecule has 0 aliphatic rings. The number of hydrogen-bond donors (Lipinski definition) is 1. The monoisotopic (exact) mass is 504 g/mol. The summed E-state index contributed by atoms with van der Waals surface area (Å²) in [5.41, 5.74) is 2.04. The van der Waals surface area contributed by atoms with Crippen molar-refractivity contribution in [1.29, 1.82) is 0 Å². The Balaban J connectivity index is 2.19. The number of aryl methyl sites for hydroxylation is 1. The maximum Gasteiger partial charge on any atom is 0.261 e. The Bertz CT molecular complexity index is 919. The highest BCUT2D eigenvalue weighted by Gasteiger charge is 2.27. The third kappa shape index (κ3) is 7.26. The van der Waals surface area contributed by atoms with Crippen molar-refractivity contribution in [2.24, 2.45) is 0 Å². The summed E-state index contributed by atoms with van der Waals surface area (Å²) < 4.78 is 11.9. The maximum absolute atomic E-state index is 13.2. The fraction of sp³-hybridized carbons (Fsp3) is 0.440. The van der Waals surface area contributed by atoms with Crippen LogP contribution in [-0.4, -0.2) is 42.5 Å². The van der Waals surface area contributed by atoms with Crippen LogP contribution in [0.1, 0.15) is 45.2 Å². The lowest BCUT2D eigenvalue weighted by atomic mass is 10.1. The second-order valence-corrected chi connectivity index (χ2v) is 8.63. The Hall–Kier alpha value is -2.54. The van der Waals surface area contributed by atoms with Gasteiger partial charge in [0.05, 0.1) is 11.6 Å². The molecule has 0 aromatic heterocycles. The Morgan fingerprint density at radius 1 is 1.09 bits per heavy atom. The van der Waals surface area contributed by atoms with Crippen molar-refractivity contribution in [3.05, 3.63) is 58.1 Å². The van der Waals surface area contributed by atoms with Gasteiger partial charge in [0.2, 0.25) is 5.91 Å². The zero-order valence-corrected chi connectivity index (χ0v) is 21.1. The molecular formula is C25H33BrN2O4. The van der Waals surface area contributed by atoms with Crippen LogP contribution < -0.4 is 14.8 Å². The van der Waals surface area contributed by atoms with Crippen LogP contribution in [-0.2, 0) is 22.6 Å². The van der Waals surface area contributed by atoms with E-state index in [-0.39, 0.29) is 31.0 Å². The quantitative estimate of drug-likeness (QED) is 0.480. The molecule has 1 N–H and O–H groups in total. The van der Waals surface area contributed by atoms with Crippen LogP contribution in [0.15, 0.2) is 46.9 Å². The standard InChI is InChI=1S/C25H33BrN2O4/c1-6-17(3)27-25(30)18(4)28(15-20-9-8-10-21(13-20)31-5)24(29)16-32-23-12-11-19(7-2)14-22(23)26/h8-14,17-18H,6-7,15-16H2,1-5H3,(H,27,30)/t17-,18-/m0/s1. The minimum atomic E-state index is -0.655. The lowest BCUT2D eigenvalue weighted by molar-refractivity contribution is -0.142. The first-order chi connectivity index (χ1) is 15.3. The number of methoxy groups -OCH3 is 1. The molecule has 0 heterocycles. The summed E-state index contributed by atoms with van der Waals surface area (Å²) >= 11 is 3.50. The summed E-state index contributed by atoms with van der Waals surface area (Å²) in [5, 5.41) is 2.96. The maximum atomic E-state index is 13.2. The van der Waals surface area contributed by atoms with E-state index in [1.807, 2.05) is 56.3 Å². The van der Waals surface area contributed by atoms with Crippen molar-refractivity contribution in [3.63, 3.8) is 0 Å². The highest BCUT2D eigenvalue weighted by atomic mass is 79.9. The zero-order valence-electron chi connectivity index (χ0n) is 19.5. The highest BCUT2D eigenvalue weighted by molar-refractivity contribution is 9.10. The van der Waals surface area contributed by atoms with Crippen molar-refractivity contribution in [1.82, 2.24) is 10.2 Å². The predicted molar refractivity (Wildman–Crippen MR) is 130 cm³/mol. The molecule has 2 aromatic carbocycles. The molecule has 2 rings (SSSR count). The minimum Gasteiger partial charge on any atom is -0.497 e. The molecule has 0 fully saturated rings. The number of benzene rings is 2. The first-order valence-electron chi connectivity index (χ1n) is 10.9. The predicted octanol–water partition coefficient (Wildman–Crippen LogP) is 4.73. The Morgan fingerprint density at radius 3 is 2.47 bits per heavy atom. The minimum absolute atomic E-state index is 0.0306. The molecule has 0 saturated heterocycles. The summed E-state index contributed by atoms with van der Waals surface area (Å²) in [5.74, 6) is 0.826. The fourth-order valence-electron chi connectivity index (χ4n) is 3.12. The van der Waals surface area contributed by atoms with Crippen molar-refractivity contribution >= 4 is 27.7 Å². The number of amides is 2. The van der Waals surface area contributed by atoms with Gasteiger partial charge in [-0.1, -0.05) is 32.0 Å². The number of nitrogens with zero attached hydrogens (tertiary/aromatic N) is 1. The summed E-state index contributed by atoms with van der Waals surface area (Å²) in [6, 6.07) is 12.7. The van der Waals surface area contributed by atoms with Crippen LogP contribution in [0.4, 0.5) is 0 Å². The average molecular weight is 505 g/mol. The normalized spacial score (nSPS) is 12.6. The van der Waals surface area contributed by atoms with Gasteiger partial charge >= 0.3 is 0 Å². The summed E-state index contributed by atoms with van der Waals surface area (Å²) in [7, 11) is 1.60. The molecule has 7 heteroatoms. The third-order valence-corrected chi connectivity index (χ3v) is 6.03. The Labute approximate surface area is 199 Å². The number of rotatable bonds is 11. The van der Waals surface area contributed by atoms with Crippen molar-refractivity contribution in [2.45, 2.75) is 59.2 Å². The molecule has 2 aromatic rings. The molecule has 0 unspecified atom stereocenters. The van der Waals surface area contributed by atoms with Gasteiger partial charge in [0.1, 0.15) is 17.5 Å². The molecule has 0 aliphatic heterocycles. The molecule has 2 atom stereocenters. The summed E-state index contributed by atoms with van der Waals surface area (Å²) in [4.78, 5) is 27.5. The Morgan fingerprint density at radius 2 is 1.84 bits per heavy atom. The van der Waals surface area contributed by atoms with Crippen LogP contribution >= 0.6 is 15.9 Å². The van der Waals surface area contributed by atoms with E-state index >= 15 is 0 Å². The van der Waals surface area contributed by atoms with Crippen LogP contribution in [0.5, 0.6) is 11.5 Å². The van der Waals surface area contributed by atoms with E-state index in [4.69, 9.17) is 9.47 Å². The topological polar surface area (TPSA) is 67.9 Å². The fourth-order valence-corrected chi connectivity index (χ4v) is 3.66. The van der Waals surface area contributed by atoms with Gasteiger partial charge < -0.3 is 19.7 Å². The second-order valence-electron chi connectivity index (χ2n) is 7.77. The molecule has 32 heavy (non-hydrogen) atoms. The highest BCUT2D eigenvalue weighted by Crippen LogP contribution is 2.26. The molecule has 0 aliphatic carbocycles. The van der Waals surface area contributed by atoms with Crippen molar-refractivity contribution in [3.8, 4) is 11.5 Å². The number of carbonyl (C=O) groups excluding carboxylic acids is 2. The van der Waals surface area contributed by atoms with Crippen LogP contribution in [0.25, 0.3) is 0 Å². The van der Waals surface area contributed by atoms with Crippen molar-refractivity contribution in [2.75, 3.05) is 13.7 Å². The zero-order chi connectivity index (χ0) is 23.7. The Kier molecular flexibility index (Phi) is 10.0. The van der Waals surface area contributed by atoms with E-state index in [2.05, 4.69) is 28.2 Å². The van der Waals surface area contributed by atoms with Crippen LogP contribution in [0, 0.1) is 0 Å². The van der Waals surface area contributed by atoms with Gasteiger partial charge in [0, 0.05) is 12.6 Å². The van der Waals surface area contributed by atoms with E-state index in [0.717, 1.165) is 22.9 Å². The van der Waals surface area contributed by atoms with E-state index in [9.17, 15) is 9.59 Å². The summed E-state index contributed by atoms with van der Waals surface area (Å²) in [6.45, 7) is 7.86. The number of nitrogens with one attached hydrogen (secondary N) is 1. The van der Waals surface area contributed by atoms with Gasteiger partial charge in [-0.15, -0.1) is 0 Å². The van der Waals surface area contributed by atoms with E-state index in [1.165, 1.54) is 5.56 Å². The lowest BCUT2D eigenvalue weighted by Gasteiger charge is -2.29. The lowest BCUT2D eigenvalue weighted by Crippen LogP contribution is -2.50. The van der Waals surface area contributed by atoms with Gasteiger partial charge in [0.15, 0.2) is 6.61 Å². The van der Waals surface area contributed by atoms with Gasteiger partial charge in [0.25, 0.3) is 5.91 Å². The number of ether oxygens (including phenoxy) is 2. The molecular weight excluding hydrogens is 472 g/mol. The first-order valence-corrected chi connectivity index (χ1v) is 11.7. The first kappa shape index (κ1) is 25.7. The van der Waals surface area contributed by atoms with Gasteiger partial charge in [-0.3, -0.25) is 9.59 Å². The largest absolute Gasteiger partial charge is 0.497 e. The SMILES string of the molecule is CCc1ccc(OCC(=O)N(Cc2cccc(OC)c2)[C@@H](C)C(=O)N[C@@H](C)CC)c(Br)c1. The number of carbonyl (C=O) groups is 2. The van der Waals surface area contributed by atoms with Gasteiger partial charge in [-0.2, -0.15) is 0 Å². The number of hydrogen-bond acceptors (Lipinski definition) is 4. The van der Waals surface area contributed by atoms with Crippen molar-refractivity contribution < 1.29 is 19.1 Å². The molecule has 0 spiro atoms.